The predicted octanol–water partition coefficient (Wildman–Crippen LogP) is 3.28. The molecule has 0 spiro atoms. The largest absolute Gasteiger partial charge is 0.264 e. The smallest absolute Gasteiger partial charge is 0.0706 e. The van der Waals surface area contributed by atoms with Crippen molar-refractivity contribution in [3.63, 3.8) is 0 Å². The molecule has 0 aromatic carbocycles. The van der Waals surface area contributed by atoms with Crippen LogP contribution >= 0.6 is 0 Å². The van der Waals surface area contributed by atoms with Gasteiger partial charge in [-0.3, -0.25) is 9.97 Å². The Labute approximate surface area is 95.8 Å². The van der Waals surface area contributed by atoms with Crippen molar-refractivity contribution in [2.24, 2.45) is 0 Å². The SMILES string of the molecule is CC.CC(C#N)c1cncc2ccncc12. The lowest BCUT2D eigenvalue weighted by Gasteiger charge is -2.05. The van der Waals surface area contributed by atoms with Gasteiger partial charge in [0.2, 0.25) is 0 Å². The molecule has 1 atom stereocenters. The molecule has 0 aliphatic heterocycles. The van der Waals surface area contributed by atoms with Gasteiger partial charge in [-0.25, -0.2) is 0 Å². The first-order valence-electron chi connectivity index (χ1n) is 5.40. The predicted molar refractivity (Wildman–Crippen MR) is 64.9 cm³/mol. The quantitative estimate of drug-likeness (QED) is 0.730. The maximum Gasteiger partial charge on any atom is 0.0706 e. The average Bonchev–Trinajstić information content (AvgIpc) is 2.39. The molecule has 3 nitrogen and oxygen atoms in total. The van der Waals surface area contributed by atoms with Crippen molar-refractivity contribution in [2.45, 2.75) is 26.7 Å². The molecule has 82 valence electrons. The highest BCUT2D eigenvalue weighted by Crippen LogP contribution is 2.22. The molecule has 0 bridgehead atoms. The zero-order valence-electron chi connectivity index (χ0n) is 9.81. The molecule has 0 N–H and O–H groups in total. The normalized spacial score (nSPS) is 11.1. The van der Waals surface area contributed by atoms with E-state index in [1.54, 1.807) is 24.8 Å². The molecule has 0 aliphatic rings. The van der Waals surface area contributed by atoms with Crippen LogP contribution in [0.1, 0.15) is 32.3 Å². The summed E-state index contributed by atoms with van der Waals surface area (Å²) in [6.07, 6.45) is 7.02. The van der Waals surface area contributed by atoms with Gasteiger partial charge in [-0.05, 0) is 18.6 Å². The summed E-state index contributed by atoms with van der Waals surface area (Å²) in [4.78, 5) is 8.16. The summed E-state index contributed by atoms with van der Waals surface area (Å²) in [6.45, 7) is 5.86. The Bertz CT molecular complexity index is 494. The molecule has 2 heterocycles. The lowest BCUT2D eigenvalue weighted by Crippen LogP contribution is -1.93. The lowest BCUT2D eigenvalue weighted by molar-refractivity contribution is 0.980. The van der Waals surface area contributed by atoms with Crippen LogP contribution in [0, 0.1) is 11.3 Å². The van der Waals surface area contributed by atoms with Gasteiger partial charge < -0.3 is 0 Å². The number of fused-ring (bicyclic) bond motifs is 1. The summed E-state index contributed by atoms with van der Waals surface area (Å²) in [7, 11) is 0. The second kappa shape index (κ2) is 5.82. The summed E-state index contributed by atoms with van der Waals surface area (Å²) in [5.41, 5.74) is 0.943. The summed E-state index contributed by atoms with van der Waals surface area (Å²) < 4.78 is 0. The Hall–Kier alpha value is -1.95. The highest BCUT2D eigenvalue weighted by molar-refractivity contribution is 5.84. The zero-order valence-corrected chi connectivity index (χ0v) is 9.81. The summed E-state index contributed by atoms with van der Waals surface area (Å²) >= 11 is 0. The van der Waals surface area contributed by atoms with Gasteiger partial charge in [0.15, 0.2) is 0 Å². The third-order valence-corrected chi connectivity index (χ3v) is 2.25. The average molecular weight is 213 g/mol. The monoisotopic (exact) mass is 213 g/mol. The van der Waals surface area contributed by atoms with Crippen molar-refractivity contribution in [1.82, 2.24) is 9.97 Å². The minimum absolute atomic E-state index is 0.143. The maximum absolute atomic E-state index is 8.85. The fraction of sp³-hybridized carbons (Fsp3) is 0.308. The van der Waals surface area contributed by atoms with E-state index in [0.717, 1.165) is 16.3 Å². The fourth-order valence-electron chi connectivity index (χ4n) is 1.44. The number of nitriles is 1. The Balaban J connectivity index is 0.000000606. The Morgan fingerprint density at radius 2 is 1.94 bits per heavy atom. The van der Waals surface area contributed by atoms with Gasteiger partial charge >= 0.3 is 0 Å². The molecule has 1 unspecified atom stereocenters. The van der Waals surface area contributed by atoms with Crippen molar-refractivity contribution in [3.05, 3.63) is 36.4 Å². The van der Waals surface area contributed by atoms with Crippen molar-refractivity contribution in [1.29, 1.82) is 5.26 Å². The van der Waals surface area contributed by atoms with E-state index in [0.29, 0.717) is 0 Å². The summed E-state index contributed by atoms with van der Waals surface area (Å²) in [5, 5.41) is 10.9. The van der Waals surface area contributed by atoms with Gasteiger partial charge in [0.1, 0.15) is 0 Å². The molecule has 0 radical (unpaired) electrons. The van der Waals surface area contributed by atoms with Gasteiger partial charge in [-0.2, -0.15) is 5.26 Å². The number of hydrogen-bond donors (Lipinski definition) is 0. The van der Waals surface area contributed by atoms with Crippen LogP contribution in [0.15, 0.2) is 30.9 Å². The third-order valence-electron chi connectivity index (χ3n) is 2.25. The van der Waals surface area contributed by atoms with Crippen LogP contribution in [0.25, 0.3) is 10.8 Å². The molecule has 0 aliphatic carbocycles. The highest BCUT2D eigenvalue weighted by atomic mass is 14.7. The van der Waals surface area contributed by atoms with Crippen LogP contribution in [0.5, 0.6) is 0 Å². The van der Waals surface area contributed by atoms with Crippen LogP contribution in [-0.2, 0) is 0 Å². The van der Waals surface area contributed by atoms with E-state index in [-0.39, 0.29) is 5.92 Å². The Kier molecular flexibility index (Phi) is 4.41. The van der Waals surface area contributed by atoms with E-state index < -0.39 is 0 Å². The van der Waals surface area contributed by atoms with E-state index >= 15 is 0 Å². The van der Waals surface area contributed by atoms with Crippen molar-refractivity contribution < 1.29 is 0 Å². The van der Waals surface area contributed by atoms with Crippen molar-refractivity contribution in [3.8, 4) is 6.07 Å². The number of aromatic nitrogens is 2. The summed E-state index contributed by atoms with van der Waals surface area (Å²) in [5.74, 6) is -0.143. The molecule has 2 aromatic rings. The van der Waals surface area contributed by atoms with E-state index in [4.69, 9.17) is 5.26 Å². The molecular weight excluding hydrogens is 198 g/mol. The van der Waals surface area contributed by atoms with E-state index in [1.165, 1.54) is 0 Å². The standard InChI is InChI=1S/C11H9N3.C2H6/c1-8(4-12)10-6-14-5-9-2-3-13-7-11(9)10;1-2/h2-3,5-8H,1H3;1-2H3. The maximum atomic E-state index is 8.85. The van der Waals surface area contributed by atoms with E-state index in [2.05, 4.69) is 16.0 Å². The molecular formula is C13H15N3. The Morgan fingerprint density at radius 3 is 2.62 bits per heavy atom. The van der Waals surface area contributed by atoms with Crippen molar-refractivity contribution in [2.75, 3.05) is 0 Å². The highest BCUT2D eigenvalue weighted by Gasteiger charge is 2.08. The molecule has 16 heavy (non-hydrogen) atoms. The Morgan fingerprint density at radius 1 is 1.19 bits per heavy atom. The molecule has 0 saturated carbocycles. The molecule has 0 amide bonds. The molecule has 3 heteroatoms. The topological polar surface area (TPSA) is 49.6 Å². The number of hydrogen-bond acceptors (Lipinski definition) is 3. The van der Waals surface area contributed by atoms with E-state index in [1.807, 2.05) is 26.8 Å². The number of pyridine rings is 2. The van der Waals surface area contributed by atoms with Gasteiger partial charge in [0, 0.05) is 35.6 Å². The number of rotatable bonds is 1. The minimum Gasteiger partial charge on any atom is -0.264 e. The van der Waals surface area contributed by atoms with Crippen LogP contribution in [0.2, 0.25) is 0 Å². The molecule has 2 rings (SSSR count). The second-order valence-corrected chi connectivity index (χ2v) is 3.18. The first-order chi connectivity index (χ1) is 7.83. The van der Waals surface area contributed by atoms with Gasteiger partial charge in [0.05, 0.1) is 12.0 Å². The van der Waals surface area contributed by atoms with Crippen LogP contribution < -0.4 is 0 Å². The van der Waals surface area contributed by atoms with Crippen molar-refractivity contribution >= 4 is 10.8 Å². The molecule has 0 saturated heterocycles. The second-order valence-electron chi connectivity index (χ2n) is 3.18. The molecule has 2 aromatic heterocycles. The van der Waals surface area contributed by atoms with Crippen LogP contribution in [0.3, 0.4) is 0 Å². The van der Waals surface area contributed by atoms with Gasteiger partial charge in [0.25, 0.3) is 0 Å². The minimum atomic E-state index is -0.143. The fourth-order valence-corrected chi connectivity index (χ4v) is 1.44. The zero-order chi connectivity index (χ0) is 12.0. The first-order valence-corrected chi connectivity index (χ1v) is 5.40. The molecule has 0 fully saturated rings. The van der Waals surface area contributed by atoms with Crippen LogP contribution in [-0.4, -0.2) is 9.97 Å². The van der Waals surface area contributed by atoms with Crippen LogP contribution in [0.4, 0.5) is 0 Å². The summed E-state index contributed by atoms with van der Waals surface area (Å²) in [6, 6.07) is 4.10. The van der Waals surface area contributed by atoms with Gasteiger partial charge in [-0.15, -0.1) is 0 Å². The number of nitrogens with zero attached hydrogens (tertiary/aromatic N) is 3. The first kappa shape index (κ1) is 12.1. The lowest BCUT2D eigenvalue weighted by atomic mass is 10.00. The van der Waals surface area contributed by atoms with E-state index in [9.17, 15) is 0 Å². The van der Waals surface area contributed by atoms with Gasteiger partial charge in [-0.1, -0.05) is 13.8 Å². The third kappa shape index (κ3) is 2.34.